The second-order valence-corrected chi connectivity index (χ2v) is 7.36. The van der Waals surface area contributed by atoms with Crippen LogP contribution >= 0.6 is 0 Å². The molecule has 0 spiro atoms. The van der Waals surface area contributed by atoms with Crippen molar-refractivity contribution in [2.45, 2.75) is 26.8 Å². The van der Waals surface area contributed by atoms with Gasteiger partial charge in [-0.2, -0.15) is 0 Å². The van der Waals surface area contributed by atoms with Crippen molar-refractivity contribution in [1.82, 2.24) is 4.57 Å². The topological polar surface area (TPSA) is 66.8 Å². The molecule has 0 amide bonds. The highest BCUT2D eigenvalue weighted by Gasteiger charge is 2.21. The zero-order valence-electron chi connectivity index (χ0n) is 18.0. The molecule has 0 unspecified atom stereocenters. The van der Waals surface area contributed by atoms with Crippen LogP contribution in [-0.2, 0) is 9.47 Å². The number of benzene rings is 2. The molecule has 0 aliphatic rings. The first-order valence-corrected chi connectivity index (χ1v) is 9.81. The van der Waals surface area contributed by atoms with Crippen LogP contribution in [0.25, 0.3) is 10.8 Å². The Morgan fingerprint density at radius 1 is 1.00 bits per heavy atom. The van der Waals surface area contributed by atoms with E-state index < -0.39 is 5.97 Å². The second kappa shape index (κ2) is 9.13. The van der Waals surface area contributed by atoms with Crippen LogP contribution in [0.4, 0.5) is 0 Å². The van der Waals surface area contributed by atoms with Gasteiger partial charge in [0.05, 0.1) is 19.8 Å². The monoisotopic (exact) mass is 409 g/mol. The van der Waals surface area contributed by atoms with E-state index in [1.807, 2.05) is 51.1 Å². The highest BCUT2D eigenvalue weighted by atomic mass is 16.5. The molecule has 3 rings (SSSR count). The number of fused-ring (bicyclic) bond motifs is 1. The molecule has 0 radical (unpaired) electrons. The number of aromatic nitrogens is 1. The largest absolute Gasteiger partial charge is 0.496 e. The molecule has 158 valence electrons. The van der Waals surface area contributed by atoms with Crippen molar-refractivity contribution in [2.24, 2.45) is 0 Å². The van der Waals surface area contributed by atoms with E-state index in [1.165, 1.54) is 7.11 Å². The Morgan fingerprint density at radius 3 is 2.30 bits per heavy atom. The lowest BCUT2D eigenvalue weighted by molar-refractivity contribution is 0.0471. The quantitative estimate of drug-likeness (QED) is 0.404. The Bertz CT molecular complexity index is 1080. The minimum atomic E-state index is -0.590. The maximum absolute atomic E-state index is 12.8. The van der Waals surface area contributed by atoms with E-state index in [-0.39, 0.29) is 18.4 Å². The summed E-state index contributed by atoms with van der Waals surface area (Å²) in [6.45, 7) is 6.07. The number of hydrogen-bond donors (Lipinski definition) is 0. The summed E-state index contributed by atoms with van der Waals surface area (Å²) >= 11 is 0. The Hall–Kier alpha value is -3.12. The molecule has 0 aliphatic heterocycles. The summed E-state index contributed by atoms with van der Waals surface area (Å²) < 4.78 is 18.0. The number of carbonyl (C=O) groups excluding carboxylic acids is 2. The molecule has 0 saturated heterocycles. The SMILES string of the molecule is COC[C@H](C)n1c(C)cc(C(=O)COC(=O)c2cc3ccccc3cc2OC)c1C. The van der Waals surface area contributed by atoms with Gasteiger partial charge in [0.15, 0.2) is 6.61 Å². The predicted molar refractivity (Wildman–Crippen MR) is 116 cm³/mol. The lowest BCUT2D eigenvalue weighted by atomic mass is 10.1. The van der Waals surface area contributed by atoms with E-state index in [0.717, 1.165) is 22.2 Å². The summed E-state index contributed by atoms with van der Waals surface area (Å²) in [5, 5.41) is 1.85. The molecule has 6 heteroatoms. The summed E-state index contributed by atoms with van der Waals surface area (Å²) in [5.41, 5.74) is 2.64. The van der Waals surface area contributed by atoms with Crippen LogP contribution in [-0.4, -0.2) is 43.8 Å². The van der Waals surface area contributed by atoms with Crippen LogP contribution < -0.4 is 4.74 Å². The van der Waals surface area contributed by atoms with E-state index >= 15 is 0 Å². The first-order chi connectivity index (χ1) is 14.4. The van der Waals surface area contributed by atoms with Gasteiger partial charge in [-0.15, -0.1) is 0 Å². The van der Waals surface area contributed by atoms with E-state index in [9.17, 15) is 9.59 Å². The van der Waals surface area contributed by atoms with Crippen molar-refractivity contribution in [1.29, 1.82) is 0 Å². The number of carbonyl (C=O) groups is 2. The normalized spacial score (nSPS) is 12.0. The molecule has 6 nitrogen and oxygen atoms in total. The minimum absolute atomic E-state index is 0.0981. The fourth-order valence-corrected chi connectivity index (χ4v) is 3.89. The third-order valence-corrected chi connectivity index (χ3v) is 5.26. The zero-order chi connectivity index (χ0) is 21.8. The van der Waals surface area contributed by atoms with Crippen molar-refractivity contribution in [3.8, 4) is 5.75 Å². The van der Waals surface area contributed by atoms with Gasteiger partial charge >= 0.3 is 5.97 Å². The van der Waals surface area contributed by atoms with Crippen LogP contribution in [0.5, 0.6) is 5.75 Å². The average Bonchev–Trinajstić information content (AvgIpc) is 3.04. The molecular weight excluding hydrogens is 382 g/mol. The van der Waals surface area contributed by atoms with Gasteiger partial charge in [-0.1, -0.05) is 24.3 Å². The van der Waals surface area contributed by atoms with Crippen molar-refractivity contribution < 1.29 is 23.8 Å². The van der Waals surface area contributed by atoms with Gasteiger partial charge in [0, 0.05) is 24.1 Å². The molecule has 1 aromatic heterocycles. The molecule has 1 heterocycles. The van der Waals surface area contributed by atoms with Crippen LogP contribution in [0.2, 0.25) is 0 Å². The number of ketones is 1. The number of rotatable bonds is 8. The van der Waals surface area contributed by atoms with Crippen molar-refractivity contribution in [3.05, 3.63) is 65.0 Å². The van der Waals surface area contributed by atoms with Crippen molar-refractivity contribution in [3.63, 3.8) is 0 Å². The number of nitrogens with zero attached hydrogens (tertiary/aromatic N) is 1. The third-order valence-electron chi connectivity index (χ3n) is 5.26. The third kappa shape index (κ3) is 4.24. The number of methoxy groups -OCH3 is 2. The highest BCUT2D eigenvalue weighted by Crippen LogP contribution is 2.27. The second-order valence-electron chi connectivity index (χ2n) is 7.36. The molecule has 0 saturated carbocycles. The van der Waals surface area contributed by atoms with Gasteiger partial charge in [0.25, 0.3) is 0 Å². The molecule has 0 fully saturated rings. The standard InChI is InChI=1S/C24H27NO5/c1-15-10-20(17(3)25(15)16(2)13-28-4)22(26)14-30-24(27)21-11-18-8-6-7-9-19(18)12-23(21)29-5/h6-12,16H,13-14H2,1-5H3/t16-/m0/s1. The molecule has 0 N–H and O–H groups in total. The minimum Gasteiger partial charge on any atom is -0.496 e. The van der Waals surface area contributed by atoms with Crippen molar-refractivity contribution in [2.75, 3.05) is 27.4 Å². The summed E-state index contributed by atoms with van der Waals surface area (Å²) in [7, 11) is 3.15. The molecule has 1 atom stereocenters. The fourth-order valence-electron chi connectivity index (χ4n) is 3.89. The van der Waals surface area contributed by atoms with Crippen LogP contribution in [0.3, 0.4) is 0 Å². The Labute approximate surface area is 176 Å². The summed E-state index contributed by atoms with van der Waals surface area (Å²) in [4.78, 5) is 25.4. The first-order valence-electron chi connectivity index (χ1n) is 9.81. The average molecular weight is 409 g/mol. The molecule has 3 aromatic rings. The number of Topliss-reactive ketones (excluding diaryl/α,β-unsaturated/α-hetero) is 1. The number of ether oxygens (including phenoxy) is 3. The van der Waals surface area contributed by atoms with Gasteiger partial charge in [-0.25, -0.2) is 4.79 Å². The van der Waals surface area contributed by atoms with Gasteiger partial charge in [-0.3, -0.25) is 4.79 Å². The van der Waals surface area contributed by atoms with E-state index in [0.29, 0.717) is 23.5 Å². The van der Waals surface area contributed by atoms with Crippen LogP contribution in [0.15, 0.2) is 42.5 Å². The number of hydrogen-bond acceptors (Lipinski definition) is 5. The fraction of sp³-hybridized carbons (Fsp3) is 0.333. The molecule has 0 aliphatic carbocycles. The summed E-state index contributed by atoms with van der Waals surface area (Å²) in [6, 6.07) is 13.1. The lowest BCUT2D eigenvalue weighted by Crippen LogP contribution is -2.17. The maximum atomic E-state index is 12.8. The maximum Gasteiger partial charge on any atom is 0.342 e. The van der Waals surface area contributed by atoms with Crippen LogP contribution in [0.1, 0.15) is 45.1 Å². The number of aryl methyl sites for hydroxylation is 1. The number of esters is 1. The Morgan fingerprint density at radius 2 is 1.67 bits per heavy atom. The van der Waals surface area contributed by atoms with E-state index in [4.69, 9.17) is 14.2 Å². The summed E-state index contributed by atoms with van der Waals surface area (Å²) in [5.74, 6) is -0.419. The van der Waals surface area contributed by atoms with Gasteiger partial charge in [0.1, 0.15) is 11.3 Å². The Balaban J connectivity index is 1.78. The zero-order valence-corrected chi connectivity index (χ0v) is 18.0. The molecular formula is C24H27NO5. The summed E-state index contributed by atoms with van der Waals surface area (Å²) in [6.07, 6.45) is 0. The predicted octanol–water partition coefficient (Wildman–Crippen LogP) is 4.51. The molecule has 30 heavy (non-hydrogen) atoms. The van der Waals surface area contributed by atoms with Gasteiger partial charge in [0.2, 0.25) is 5.78 Å². The van der Waals surface area contributed by atoms with Gasteiger partial charge < -0.3 is 18.8 Å². The highest BCUT2D eigenvalue weighted by molar-refractivity contribution is 6.02. The van der Waals surface area contributed by atoms with Crippen molar-refractivity contribution >= 4 is 22.5 Å². The van der Waals surface area contributed by atoms with E-state index in [1.54, 1.807) is 19.2 Å². The first kappa shape index (κ1) is 21.6. The van der Waals surface area contributed by atoms with Gasteiger partial charge in [-0.05, 0) is 49.7 Å². The van der Waals surface area contributed by atoms with E-state index in [2.05, 4.69) is 4.57 Å². The molecule has 2 aromatic carbocycles. The van der Waals surface area contributed by atoms with Crippen LogP contribution in [0, 0.1) is 13.8 Å². The lowest BCUT2D eigenvalue weighted by Gasteiger charge is -2.17. The Kier molecular flexibility index (Phi) is 6.57. The molecule has 0 bridgehead atoms. The smallest absolute Gasteiger partial charge is 0.342 e.